The van der Waals surface area contributed by atoms with Crippen molar-refractivity contribution in [3.05, 3.63) is 39.9 Å². The molecule has 0 aliphatic carbocycles. The van der Waals surface area contributed by atoms with Gasteiger partial charge in [-0.25, -0.2) is 4.39 Å². The number of pyridine rings is 1. The summed E-state index contributed by atoms with van der Waals surface area (Å²) in [5.74, 6) is -0.779. The molecule has 200 valence electrons. The number of piperazine rings is 1. The normalized spacial score (nSPS) is 14.5. The van der Waals surface area contributed by atoms with Crippen LogP contribution >= 0.6 is 0 Å². The van der Waals surface area contributed by atoms with Crippen molar-refractivity contribution in [1.29, 1.82) is 0 Å². The number of likely N-dealkylation sites (N-methyl/N-ethyl adjacent to an activating group) is 1. The van der Waals surface area contributed by atoms with Gasteiger partial charge < -0.3 is 19.7 Å². The van der Waals surface area contributed by atoms with Crippen molar-refractivity contribution in [2.45, 2.75) is 84.6 Å². The molecule has 6 nitrogen and oxygen atoms in total. The molecule has 0 radical (unpaired) electrons. The Bertz CT molecular complexity index is 1040. The predicted octanol–water partition coefficient (Wildman–Crippen LogP) is 5.56. The summed E-state index contributed by atoms with van der Waals surface area (Å²) in [6.07, 6.45) is 13.9. The van der Waals surface area contributed by atoms with Crippen molar-refractivity contribution in [3.63, 3.8) is 0 Å². The molecule has 1 amide bonds. The molecule has 2 aromatic rings. The van der Waals surface area contributed by atoms with Crippen LogP contribution in [0, 0.1) is 5.82 Å². The largest absolute Gasteiger partial charge is 0.367 e. The number of anilines is 1. The van der Waals surface area contributed by atoms with E-state index in [9.17, 15) is 9.59 Å². The number of nitrogens with zero attached hydrogens (tertiary/aromatic N) is 3. The SMILES string of the molecule is CCCCCCCCCCCCNC(=O)c1cn(CC)c2cc(N3CCN(C)CC3)c(F)cc2c1=O. The van der Waals surface area contributed by atoms with Gasteiger partial charge in [-0.3, -0.25) is 9.59 Å². The highest BCUT2D eigenvalue weighted by Gasteiger charge is 2.21. The van der Waals surface area contributed by atoms with E-state index in [1.165, 1.54) is 57.4 Å². The molecular formula is C29H45FN4O2. The van der Waals surface area contributed by atoms with E-state index in [0.717, 1.165) is 39.0 Å². The van der Waals surface area contributed by atoms with Crippen LogP contribution in [-0.2, 0) is 6.54 Å². The van der Waals surface area contributed by atoms with Gasteiger partial charge in [-0.05, 0) is 32.5 Å². The molecule has 3 rings (SSSR count). The van der Waals surface area contributed by atoms with E-state index in [2.05, 4.69) is 24.2 Å². The number of halogens is 1. The minimum atomic E-state index is -0.408. The Hall–Kier alpha value is -2.41. The summed E-state index contributed by atoms with van der Waals surface area (Å²) in [6, 6.07) is 3.09. The molecule has 1 N–H and O–H groups in total. The Balaban J connectivity index is 1.58. The fourth-order valence-corrected chi connectivity index (χ4v) is 5.02. The number of carbonyl (C=O) groups excluding carboxylic acids is 1. The lowest BCUT2D eigenvalue weighted by Gasteiger charge is -2.34. The van der Waals surface area contributed by atoms with Crippen molar-refractivity contribution < 1.29 is 9.18 Å². The number of aryl methyl sites for hydroxylation is 1. The number of hydrogen-bond donors (Lipinski definition) is 1. The summed E-state index contributed by atoms with van der Waals surface area (Å²) >= 11 is 0. The molecule has 0 unspecified atom stereocenters. The maximum atomic E-state index is 15.1. The second kappa shape index (κ2) is 14.4. The van der Waals surface area contributed by atoms with Gasteiger partial charge in [-0.1, -0.05) is 64.7 Å². The zero-order valence-corrected chi connectivity index (χ0v) is 22.6. The third kappa shape index (κ3) is 7.55. The molecule has 1 aliphatic heterocycles. The van der Waals surface area contributed by atoms with Crippen LogP contribution < -0.4 is 15.6 Å². The van der Waals surface area contributed by atoms with Crippen molar-refractivity contribution >= 4 is 22.5 Å². The van der Waals surface area contributed by atoms with Gasteiger partial charge in [0.05, 0.1) is 11.2 Å². The predicted molar refractivity (Wildman–Crippen MR) is 148 cm³/mol. The number of nitrogens with one attached hydrogen (secondary N) is 1. The number of aromatic nitrogens is 1. The molecule has 0 saturated carbocycles. The summed E-state index contributed by atoms with van der Waals surface area (Å²) in [4.78, 5) is 30.3. The van der Waals surface area contributed by atoms with Gasteiger partial charge in [0, 0.05) is 50.9 Å². The molecule has 36 heavy (non-hydrogen) atoms. The summed E-state index contributed by atoms with van der Waals surface area (Å²) < 4.78 is 17.0. The number of benzene rings is 1. The minimum absolute atomic E-state index is 0.0863. The van der Waals surface area contributed by atoms with Gasteiger partial charge in [0.25, 0.3) is 5.91 Å². The Morgan fingerprint density at radius 1 is 0.917 bits per heavy atom. The van der Waals surface area contributed by atoms with E-state index < -0.39 is 11.2 Å². The molecule has 1 aliphatic rings. The third-order valence-electron chi connectivity index (χ3n) is 7.39. The first-order chi connectivity index (χ1) is 17.5. The standard InChI is InChI=1S/C29H45FN4O2/c1-4-6-7-8-9-10-11-12-13-14-15-31-29(36)24-22-33(5-2)26-21-27(25(30)20-23(26)28(24)35)34-18-16-32(3)17-19-34/h20-22H,4-19H2,1-3H3,(H,31,36). The summed E-state index contributed by atoms with van der Waals surface area (Å²) in [5, 5.41) is 3.17. The number of amides is 1. The molecule has 0 bridgehead atoms. The van der Waals surface area contributed by atoms with Gasteiger partial charge in [0.2, 0.25) is 5.43 Å². The van der Waals surface area contributed by atoms with E-state index in [4.69, 9.17) is 0 Å². The fourth-order valence-electron chi connectivity index (χ4n) is 5.02. The zero-order chi connectivity index (χ0) is 25.9. The Kier molecular flexibility index (Phi) is 11.2. The van der Waals surface area contributed by atoms with Crippen molar-refractivity contribution in [1.82, 2.24) is 14.8 Å². The highest BCUT2D eigenvalue weighted by Crippen LogP contribution is 2.26. The van der Waals surface area contributed by atoms with E-state index in [1.807, 2.05) is 16.4 Å². The molecule has 1 fully saturated rings. The second-order valence-electron chi connectivity index (χ2n) is 10.2. The summed E-state index contributed by atoms with van der Waals surface area (Å²) in [7, 11) is 2.06. The molecule has 2 heterocycles. The van der Waals surface area contributed by atoms with Crippen molar-refractivity contribution in [3.8, 4) is 0 Å². The van der Waals surface area contributed by atoms with Crippen LogP contribution in [0.1, 0.15) is 88.4 Å². The lowest BCUT2D eigenvalue weighted by Crippen LogP contribution is -2.44. The van der Waals surface area contributed by atoms with Gasteiger partial charge in [-0.2, -0.15) is 0 Å². The van der Waals surface area contributed by atoms with Crippen molar-refractivity contribution in [2.24, 2.45) is 0 Å². The van der Waals surface area contributed by atoms with Crippen LogP contribution in [0.4, 0.5) is 10.1 Å². The Labute approximate surface area is 215 Å². The topological polar surface area (TPSA) is 57.6 Å². The lowest BCUT2D eigenvalue weighted by atomic mass is 10.1. The average Bonchev–Trinajstić information content (AvgIpc) is 2.88. The Morgan fingerprint density at radius 2 is 1.53 bits per heavy atom. The number of unbranched alkanes of at least 4 members (excludes halogenated alkanes) is 9. The summed E-state index contributed by atoms with van der Waals surface area (Å²) in [5.41, 5.74) is 0.877. The molecular weight excluding hydrogens is 455 g/mol. The van der Waals surface area contributed by atoms with Crippen LogP contribution in [0.2, 0.25) is 0 Å². The average molecular weight is 501 g/mol. The van der Waals surface area contributed by atoms with E-state index >= 15 is 4.39 Å². The molecule has 1 saturated heterocycles. The first-order valence-corrected chi connectivity index (χ1v) is 14.0. The molecule has 1 aromatic carbocycles. The van der Waals surface area contributed by atoms with Gasteiger partial charge in [-0.15, -0.1) is 0 Å². The zero-order valence-electron chi connectivity index (χ0n) is 22.6. The monoisotopic (exact) mass is 500 g/mol. The Morgan fingerprint density at radius 3 is 2.14 bits per heavy atom. The third-order valence-corrected chi connectivity index (χ3v) is 7.39. The van der Waals surface area contributed by atoms with Crippen LogP contribution in [0.15, 0.2) is 23.1 Å². The highest BCUT2D eigenvalue weighted by molar-refractivity contribution is 5.97. The van der Waals surface area contributed by atoms with Gasteiger partial charge >= 0.3 is 0 Å². The van der Waals surface area contributed by atoms with E-state index in [1.54, 1.807) is 12.3 Å². The molecule has 0 spiro atoms. The maximum absolute atomic E-state index is 15.1. The minimum Gasteiger partial charge on any atom is -0.367 e. The van der Waals surface area contributed by atoms with Crippen LogP contribution in [0.5, 0.6) is 0 Å². The molecule has 7 heteroatoms. The quantitative estimate of drug-likeness (QED) is 0.345. The molecule has 1 aromatic heterocycles. The van der Waals surface area contributed by atoms with Crippen molar-refractivity contribution in [2.75, 3.05) is 44.7 Å². The van der Waals surface area contributed by atoms with Crippen LogP contribution in [-0.4, -0.2) is 55.1 Å². The summed E-state index contributed by atoms with van der Waals surface area (Å²) in [6.45, 7) is 8.58. The smallest absolute Gasteiger partial charge is 0.256 e. The van der Waals surface area contributed by atoms with Crippen LogP contribution in [0.3, 0.4) is 0 Å². The fraction of sp³-hybridized carbons (Fsp3) is 0.655. The van der Waals surface area contributed by atoms with Gasteiger partial charge in [0.15, 0.2) is 0 Å². The number of hydrogen-bond acceptors (Lipinski definition) is 4. The highest BCUT2D eigenvalue weighted by atomic mass is 19.1. The first-order valence-electron chi connectivity index (χ1n) is 14.0. The first kappa shape index (κ1) is 28.2. The van der Waals surface area contributed by atoms with E-state index in [0.29, 0.717) is 24.3 Å². The number of carbonyl (C=O) groups is 1. The number of rotatable bonds is 14. The van der Waals surface area contributed by atoms with Gasteiger partial charge in [0.1, 0.15) is 11.4 Å². The maximum Gasteiger partial charge on any atom is 0.256 e. The van der Waals surface area contributed by atoms with E-state index in [-0.39, 0.29) is 16.9 Å². The number of fused-ring (bicyclic) bond motifs is 1. The lowest BCUT2D eigenvalue weighted by molar-refractivity contribution is 0.0951. The van der Waals surface area contributed by atoms with Crippen LogP contribution in [0.25, 0.3) is 10.9 Å². The second-order valence-corrected chi connectivity index (χ2v) is 10.2. The molecule has 0 atom stereocenters.